The molecule has 0 aliphatic rings. The molecule has 1 heterocycles. The third kappa shape index (κ3) is 4.69. The number of carbonyl (C=O) groups excluding carboxylic acids is 2. The average Bonchev–Trinajstić information content (AvgIpc) is 2.98. The molecule has 0 bridgehead atoms. The molecule has 0 atom stereocenters. The van der Waals surface area contributed by atoms with Crippen molar-refractivity contribution in [2.75, 3.05) is 7.11 Å². The van der Waals surface area contributed by atoms with Crippen LogP contribution in [0.25, 0.3) is 11.1 Å². The van der Waals surface area contributed by atoms with Crippen molar-refractivity contribution >= 4 is 35.1 Å². The number of ether oxygens (including phenoxy) is 1. The number of aromatic nitrogens is 1. The second-order valence-electron chi connectivity index (χ2n) is 6.95. The predicted octanol–water partition coefficient (Wildman–Crippen LogP) is 5.02. The largest absolute Gasteiger partial charge is 0.469 e. The summed E-state index contributed by atoms with van der Waals surface area (Å²) in [6, 6.07) is 14.7. The molecule has 0 unspecified atom stereocenters. The van der Waals surface area contributed by atoms with Crippen molar-refractivity contribution < 1.29 is 14.3 Å². The Morgan fingerprint density at radius 3 is 2.37 bits per heavy atom. The van der Waals surface area contributed by atoms with Gasteiger partial charge in [-0.1, -0.05) is 47.5 Å². The van der Waals surface area contributed by atoms with Gasteiger partial charge in [-0.05, 0) is 48.7 Å². The lowest BCUT2D eigenvalue weighted by atomic mass is 9.98. The highest BCUT2D eigenvalue weighted by Gasteiger charge is 2.25. The number of hydrogen-bond acceptors (Lipinski definition) is 3. The second kappa shape index (κ2) is 9.37. The number of methoxy groups -OCH3 is 1. The summed E-state index contributed by atoms with van der Waals surface area (Å²) in [7, 11) is 1.35. The van der Waals surface area contributed by atoms with E-state index in [1.54, 1.807) is 18.2 Å². The molecule has 30 heavy (non-hydrogen) atoms. The van der Waals surface area contributed by atoms with Gasteiger partial charge in [0.2, 0.25) is 0 Å². The monoisotopic (exact) mass is 444 g/mol. The number of nitrogens with zero attached hydrogens (tertiary/aromatic N) is 1. The highest BCUT2D eigenvalue weighted by molar-refractivity contribution is 6.30. The van der Waals surface area contributed by atoms with Gasteiger partial charge in [-0.15, -0.1) is 0 Å². The summed E-state index contributed by atoms with van der Waals surface area (Å²) in [4.78, 5) is 24.3. The second-order valence-corrected chi connectivity index (χ2v) is 7.82. The highest BCUT2D eigenvalue weighted by atomic mass is 35.5. The van der Waals surface area contributed by atoms with Crippen molar-refractivity contribution in [1.82, 2.24) is 4.57 Å². The first kappa shape index (κ1) is 21.9. The van der Waals surface area contributed by atoms with Crippen molar-refractivity contribution in [2.24, 2.45) is 5.73 Å². The molecule has 2 aromatic carbocycles. The number of halogens is 2. The lowest BCUT2D eigenvalue weighted by Crippen LogP contribution is -2.13. The van der Waals surface area contributed by atoms with Crippen LogP contribution < -0.4 is 5.73 Å². The van der Waals surface area contributed by atoms with Gasteiger partial charge in [-0.2, -0.15) is 0 Å². The van der Waals surface area contributed by atoms with Gasteiger partial charge in [-0.3, -0.25) is 9.59 Å². The molecule has 0 aliphatic heterocycles. The Morgan fingerprint density at radius 2 is 1.77 bits per heavy atom. The van der Waals surface area contributed by atoms with Crippen LogP contribution in [0, 0.1) is 6.92 Å². The smallest absolute Gasteiger partial charge is 0.305 e. The van der Waals surface area contributed by atoms with E-state index in [1.807, 2.05) is 41.8 Å². The van der Waals surface area contributed by atoms with Crippen molar-refractivity contribution in [3.8, 4) is 11.1 Å². The van der Waals surface area contributed by atoms with Crippen LogP contribution in [0.5, 0.6) is 0 Å². The molecule has 1 aromatic heterocycles. The molecule has 0 aliphatic carbocycles. The van der Waals surface area contributed by atoms with Gasteiger partial charge in [0.1, 0.15) is 0 Å². The molecular weight excluding hydrogens is 423 g/mol. The number of carbonyl (C=O) groups is 2. The minimum atomic E-state index is -0.526. The van der Waals surface area contributed by atoms with E-state index in [9.17, 15) is 9.59 Å². The Labute approximate surface area is 185 Å². The summed E-state index contributed by atoms with van der Waals surface area (Å²) in [5.41, 5.74) is 10.2. The summed E-state index contributed by atoms with van der Waals surface area (Å²) < 4.78 is 6.83. The van der Waals surface area contributed by atoms with E-state index in [0.717, 1.165) is 22.5 Å². The molecule has 3 aromatic rings. The molecule has 0 saturated heterocycles. The van der Waals surface area contributed by atoms with Crippen molar-refractivity contribution in [3.63, 3.8) is 0 Å². The first-order chi connectivity index (χ1) is 14.3. The van der Waals surface area contributed by atoms with E-state index < -0.39 is 5.91 Å². The maximum atomic E-state index is 12.4. The number of nitrogens with two attached hydrogens (primary N) is 1. The maximum absolute atomic E-state index is 12.4. The highest BCUT2D eigenvalue weighted by Crippen LogP contribution is 2.35. The normalized spacial score (nSPS) is 10.8. The quantitative estimate of drug-likeness (QED) is 0.519. The molecule has 7 heteroatoms. The summed E-state index contributed by atoms with van der Waals surface area (Å²) in [5, 5.41) is 1.21. The Hall–Kier alpha value is -2.76. The van der Waals surface area contributed by atoms with E-state index in [-0.39, 0.29) is 12.4 Å². The van der Waals surface area contributed by atoms with Gasteiger partial charge in [0, 0.05) is 33.5 Å². The fourth-order valence-electron chi connectivity index (χ4n) is 3.64. The zero-order chi connectivity index (χ0) is 21.8. The van der Waals surface area contributed by atoms with Crippen LogP contribution in [0.1, 0.15) is 33.7 Å². The van der Waals surface area contributed by atoms with Crippen LogP contribution in [0.15, 0.2) is 48.5 Å². The van der Waals surface area contributed by atoms with Crippen LogP contribution >= 0.6 is 23.2 Å². The Kier molecular flexibility index (Phi) is 6.85. The molecule has 2 N–H and O–H groups in total. The summed E-state index contributed by atoms with van der Waals surface area (Å²) in [6.45, 7) is 2.34. The molecule has 156 valence electrons. The molecule has 3 rings (SSSR count). The number of benzene rings is 2. The van der Waals surface area contributed by atoms with Crippen LogP contribution in [0.2, 0.25) is 10.0 Å². The van der Waals surface area contributed by atoms with Gasteiger partial charge in [0.05, 0.1) is 19.1 Å². The predicted molar refractivity (Wildman–Crippen MR) is 119 cm³/mol. The first-order valence-electron chi connectivity index (χ1n) is 9.40. The summed E-state index contributed by atoms with van der Waals surface area (Å²) in [6.07, 6.45) is 0.563. The molecule has 0 saturated carbocycles. The standard InChI is InChI=1S/C23H22Cl2N2O3/c1-14-21(23(26)29)22(16-6-8-17(24)9-7-16)19(10-11-20(28)30-2)27(14)13-15-4-3-5-18(25)12-15/h3-9,12H,10-11,13H2,1-2H3,(H2,26,29). The van der Waals surface area contributed by atoms with Crippen molar-refractivity contribution in [1.29, 1.82) is 0 Å². The fraction of sp³-hybridized carbons (Fsp3) is 0.217. The van der Waals surface area contributed by atoms with E-state index in [4.69, 9.17) is 33.7 Å². The number of amides is 1. The van der Waals surface area contributed by atoms with Crippen molar-refractivity contribution in [3.05, 3.63) is 81.1 Å². The Morgan fingerprint density at radius 1 is 1.07 bits per heavy atom. The minimum Gasteiger partial charge on any atom is -0.469 e. The van der Waals surface area contributed by atoms with Crippen LogP contribution in [0.3, 0.4) is 0 Å². The summed E-state index contributed by atoms with van der Waals surface area (Å²) >= 11 is 12.2. The Balaban J connectivity index is 2.20. The molecule has 5 nitrogen and oxygen atoms in total. The molecular formula is C23H22Cl2N2O3. The van der Waals surface area contributed by atoms with Crippen LogP contribution in [0.4, 0.5) is 0 Å². The van der Waals surface area contributed by atoms with Gasteiger partial charge in [-0.25, -0.2) is 0 Å². The van der Waals surface area contributed by atoms with Gasteiger partial charge >= 0.3 is 5.97 Å². The van der Waals surface area contributed by atoms with Crippen LogP contribution in [-0.4, -0.2) is 23.6 Å². The average molecular weight is 445 g/mol. The lowest BCUT2D eigenvalue weighted by Gasteiger charge is -2.14. The lowest BCUT2D eigenvalue weighted by molar-refractivity contribution is -0.140. The Bertz CT molecular complexity index is 1090. The third-order valence-electron chi connectivity index (χ3n) is 5.03. The van der Waals surface area contributed by atoms with Gasteiger partial charge < -0.3 is 15.0 Å². The van der Waals surface area contributed by atoms with E-state index in [0.29, 0.717) is 34.1 Å². The number of primary amides is 1. The van der Waals surface area contributed by atoms with Gasteiger partial charge in [0.15, 0.2) is 0 Å². The zero-order valence-electron chi connectivity index (χ0n) is 16.7. The third-order valence-corrected chi connectivity index (χ3v) is 5.52. The minimum absolute atomic E-state index is 0.175. The molecule has 0 spiro atoms. The zero-order valence-corrected chi connectivity index (χ0v) is 18.3. The van der Waals surface area contributed by atoms with Crippen LogP contribution in [-0.2, 0) is 22.5 Å². The van der Waals surface area contributed by atoms with E-state index in [1.165, 1.54) is 7.11 Å². The molecule has 0 radical (unpaired) electrons. The SMILES string of the molecule is COC(=O)CCc1c(-c2ccc(Cl)cc2)c(C(N)=O)c(C)n1Cc1cccc(Cl)c1. The first-order valence-corrected chi connectivity index (χ1v) is 10.2. The molecule has 0 fully saturated rings. The number of esters is 1. The van der Waals surface area contributed by atoms with E-state index in [2.05, 4.69) is 0 Å². The van der Waals surface area contributed by atoms with E-state index >= 15 is 0 Å². The molecule has 1 amide bonds. The number of rotatable bonds is 7. The van der Waals surface area contributed by atoms with Gasteiger partial charge in [0.25, 0.3) is 5.91 Å². The fourth-order valence-corrected chi connectivity index (χ4v) is 3.98. The maximum Gasteiger partial charge on any atom is 0.305 e. The summed E-state index contributed by atoms with van der Waals surface area (Å²) in [5.74, 6) is -0.854. The number of hydrogen-bond donors (Lipinski definition) is 1. The van der Waals surface area contributed by atoms with Crippen molar-refractivity contribution in [2.45, 2.75) is 26.3 Å². The topological polar surface area (TPSA) is 74.3 Å².